The van der Waals surface area contributed by atoms with Gasteiger partial charge >= 0.3 is 0 Å². The number of hydrogen-bond acceptors (Lipinski definition) is 3. The van der Waals surface area contributed by atoms with Crippen LogP contribution < -0.4 is 10.2 Å². The van der Waals surface area contributed by atoms with Crippen molar-refractivity contribution < 1.29 is 4.79 Å². The lowest BCUT2D eigenvalue weighted by Crippen LogP contribution is -2.28. The first-order valence-corrected chi connectivity index (χ1v) is 9.86. The molecular weight excluding hydrogens is 334 g/mol. The van der Waals surface area contributed by atoms with E-state index in [9.17, 15) is 4.79 Å². The molecule has 1 aromatic heterocycles. The highest BCUT2D eigenvalue weighted by Gasteiger charge is 2.42. The minimum absolute atomic E-state index is 0.0263. The van der Waals surface area contributed by atoms with E-state index in [-0.39, 0.29) is 11.3 Å². The fourth-order valence-corrected chi connectivity index (χ4v) is 4.61. The second kappa shape index (κ2) is 6.36. The molecule has 1 aliphatic heterocycles. The van der Waals surface area contributed by atoms with E-state index in [4.69, 9.17) is 4.98 Å². The number of anilines is 2. The van der Waals surface area contributed by atoms with E-state index in [1.165, 1.54) is 17.5 Å². The molecule has 1 aromatic carbocycles. The van der Waals surface area contributed by atoms with Gasteiger partial charge in [-0.2, -0.15) is 0 Å². The number of rotatable bonds is 3. The number of benzene rings is 1. The molecule has 2 bridgehead atoms. The van der Waals surface area contributed by atoms with Crippen molar-refractivity contribution in [3.05, 3.63) is 52.7 Å². The molecule has 0 radical (unpaired) electrons. The highest BCUT2D eigenvalue weighted by atomic mass is 16.1. The van der Waals surface area contributed by atoms with Crippen molar-refractivity contribution in [1.82, 2.24) is 4.98 Å². The van der Waals surface area contributed by atoms with E-state index in [1.807, 2.05) is 6.92 Å². The maximum atomic E-state index is 12.4. The summed E-state index contributed by atoms with van der Waals surface area (Å²) >= 11 is 0. The molecule has 1 aliphatic carbocycles. The van der Waals surface area contributed by atoms with Crippen LogP contribution in [0.5, 0.6) is 0 Å². The number of hydrogen-bond donors (Lipinski definition) is 1. The molecule has 1 amide bonds. The average molecular weight is 364 g/mol. The fraction of sp³-hybridized carbons (Fsp3) is 0.478. The first-order valence-electron chi connectivity index (χ1n) is 9.86. The van der Waals surface area contributed by atoms with E-state index in [0.717, 1.165) is 29.3 Å². The van der Waals surface area contributed by atoms with Gasteiger partial charge in [0.2, 0.25) is 5.91 Å². The van der Waals surface area contributed by atoms with Gasteiger partial charge in [0.25, 0.3) is 0 Å². The number of aromatic nitrogens is 1. The van der Waals surface area contributed by atoms with Gasteiger partial charge in [0, 0.05) is 18.9 Å². The lowest BCUT2D eigenvalue weighted by atomic mass is 9.92. The number of aryl methyl sites for hydroxylation is 2. The Bertz CT molecular complexity index is 874. The Labute approximate surface area is 162 Å². The van der Waals surface area contributed by atoms with Crippen LogP contribution in [-0.4, -0.2) is 17.4 Å². The van der Waals surface area contributed by atoms with Gasteiger partial charge in [-0.05, 0) is 48.4 Å². The Morgan fingerprint density at radius 2 is 1.93 bits per heavy atom. The van der Waals surface area contributed by atoms with Crippen LogP contribution in [0, 0.1) is 19.3 Å². The van der Waals surface area contributed by atoms with Gasteiger partial charge in [-0.25, -0.2) is 4.98 Å². The second-order valence-corrected chi connectivity index (χ2v) is 9.27. The largest absolute Gasteiger partial charge is 0.349 e. The van der Waals surface area contributed by atoms with Crippen LogP contribution in [0.15, 0.2) is 30.3 Å². The second-order valence-electron chi connectivity index (χ2n) is 9.27. The van der Waals surface area contributed by atoms with Gasteiger partial charge in [-0.15, -0.1) is 0 Å². The highest BCUT2D eigenvalue weighted by Crippen LogP contribution is 2.51. The number of nitrogens with one attached hydrogen (secondary N) is 1. The van der Waals surface area contributed by atoms with E-state index >= 15 is 0 Å². The monoisotopic (exact) mass is 363 g/mol. The van der Waals surface area contributed by atoms with Crippen LogP contribution in [0.3, 0.4) is 0 Å². The molecule has 0 unspecified atom stereocenters. The summed E-state index contributed by atoms with van der Waals surface area (Å²) in [6, 6.07) is 11.4. The van der Waals surface area contributed by atoms with Crippen molar-refractivity contribution in [2.45, 2.75) is 59.4 Å². The molecule has 142 valence electrons. The minimum Gasteiger partial charge on any atom is -0.349 e. The number of pyridine rings is 1. The molecule has 2 aromatic rings. The van der Waals surface area contributed by atoms with Crippen LogP contribution in [0.4, 0.5) is 11.5 Å². The molecule has 1 saturated heterocycles. The molecule has 1 N–H and O–H groups in total. The third kappa shape index (κ3) is 3.33. The molecule has 0 spiro atoms. The smallest absolute Gasteiger partial charge is 0.224 e. The molecular formula is C23H29N3O. The van der Waals surface area contributed by atoms with Gasteiger partial charge in [0.1, 0.15) is 5.82 Å². The van der Waals surface area contributed by atoms with E-state index in [1.54, 1.807) is 0 Å². The third-order valence-corrected chi connectivity index (χ3v) is 5.73. The number of fused-ring (bicyclic) bond motifs is 5. The summed E-state index contributed by atoms with van der Waals surface area (Å²) in [5, 5.41) is 3.08. The van der Waals surface area contributed by atoms with Crippen molar-refractivity contribution >= 4 is 17.4 Å². The predicted octanol–water partition coefficient (Wildman–Crippen LogP) is 5.12. The van der Waals surface area contributed by atoms with E-state index in [0.29, 0.717) is 18.4 Å². The van der Waals surface area contributed by atoms with Crippen LogP contribution in [0.2, 0.25) is 0 Å². The zero-order valence-electron chi connectivity index (χ0n) is 17.0. The molecule has 4 heteroatoms. The Hall–Kier alpha value is -2.36. The zero-order chi connectivity index (χ0) is 19.3. The van der Waals surface area contributed by atoms with Gasteiger partial charge < -0.3 is 10.2 Å². The average Bonchev–Trinajstić information content (AvgIpc) is 3.16. The summed E-state index contributed by atoms with van der Waals surface area (Å²) < 4.78 is 0. The Balaban J connectivity index is 1.58. The number of carbonyl (C=O) groups is 1. The fourth-order valence-electron chi connectivity index (χ4n) is 4.61. The molecule has 0 saturated carbocycles. The van der Waals surface area contributed by atoms with E-state index in [2.05, 4.69) is 68.2 Å². The molecule has 1 fully saturated rings. The lowest BCUT2D eigenvalue weighted by Gasteiger charge is -2.31. The van der Waals surface area contributed by atoms with Crippen molar-refractivity contribution in [2.24, 2.45) is 5.41 Å². The normalized spacial score (nSPS) is 20.7. The number of nitrogens with zero attached hydrogens (tertiary/aromatic N) is 2. The number of carbonyl (C=O) groups excluding carboxylic acids is 1. The topological polar surface area (TPSA) is 45.2 Å². The van der Waals surface area contributed by atoms with Crippen molar-refractivity contribution in [3.63, 3.8) is 0 Å². The Morgan fingerprint density at radius 1 is 1.22 bits per heavy atom. The number of amides is 1. The molecule has 27 heavy (non-hydrogen) atoms. The van der Waals surface area contributed by atoms with Gasteiger partial charge in [-0.1, -0.05) is 45.0 Å². The maximum absolute atomic E-state index is 12.4. The van der Waals surface area contributed by atoms with E-state index < -0.39 is 0 Å². The summed E-state index contributed by atoms with van der Waals surface area (Å²) in [5.74, 6) is 1.69. The molecule has 2 heterocycles. The summed E-state index contributed by atoms with van der Waals surface area (Å²) in [7, 11) is 0. The Morgan fingerprint density at radius 3 is 2.59 bits per heavy atom. The van der Waals surface area contributed by atoms with Crippen molar-refractivity contribution in [2.75, 3.05) is 16.8 Å². The van der Waals surface area contributed by atoms with Crippen LogP contribution in [-0.2, 0) is 4.79 Å². The zero-order valence-corrected chi connectivity index (χ0v) is 17.0. The Kier molecular flexibility index (Phi) is 4.25. The predicted molar refractivity (Wildman–Crippen MR) is 110 cm³/mol. The van der Waals surface area contributed by atoms with Gasteiger partial charge in [-0.3, -0.25) is 4.79 Å². The lowest BCUT2D eigenvalue weighted by molar-refractivity contribution is -0.117. The first-order chi connectivity index (χ1) is 12.7. The summed E-state index contributed by atoms with van der Waals surface area (Å²) in [5.41, 5.74) is 5.77. The minimum atomic E-state index is -0.0263. The molecule has 4 rings (SSSR count). The van der Waals surface area contributed by atoms with Crippen molar-refractivity contribution in [1.29, 1.82) is 0 Å². The quantitative estimate of drug-likeness (QED) is 0.823. The van der Waals surface area contributed by atoms with Crippen LogP contribution in [0.1, 0.15) is 68.0 Å². The van der Waals surface area contributed by atoms with Gasteiger partial charge in [0.15, 0.2) is 0 Å². The first kappa shape index (κ1) is 18.0. The molecule has 4 nitrogen and oxygen atoms in total. The summed E-state index contributed by atoms with van der Waals surface area (Å²) in [6.07, 6.45) is 1.68. The van der Waals surface area contributed by atoms with Crippen LogP contribution >= 0.6 is 0 Å². The standard InChI is InChI=1S/C23H29N3O/c1-14-10-20(24-15(2)22(14)25-21(27)12-23(3,4)5)26-13-16-11-19(26)18-9-7-6-8-17(16)18/h6-10,16,19H,11-13H2,1-5H3,(H,25,27)/t16-,19+/m0/s1. The molecule has 2 atom stereocenters. The summed E-state index contributed by atoms with van der Waals surface area (Å²) in [6.45, 7) is 11.3. The molecule has 2 aliphatic rings. The SMILES string of the molecule is Cc1cc(N2C[C@@H]3C[C@@H]2c2ccccc23)nc(C)c1NC(=O)CC(C)(C)C. The third-order valence-electron chi connectivity index (χ3n) is 5.73. The summed E-state index contributed by atoms with van der Waals surface area (Å²) in [4.78, 5) is 19.7. The van der Waals surface area contributed by atoms with Crippen molar-refractivity contribution in [3.8, 4) is 0 Å². The highest BCUT2D eigenvalue weighted by molar-refractivity contribution is 5.92. The van der Waals surface area contributed by atoms with Gasteiger partial charge in [0.05, 0.1) is 17.4 Å². The van der Waals surface area contributed by atoms with Crippen LogP contribution in [0.25, 0.3) is 0 Å². The maximum Gasteiger partial charge on any atom is 0.224 e.